The number of carbonyl (C=O) groups excluding carboxylic acids is 2. The number of ether oxygens (including phenoxy) is 1. The van der Waals surface area contributed by atoms with E-state index in [2.05, 4.69) is 19.2 Å². The average molecular weight is 804 g/mol. The van der Waals surface area contributed by atoms with Crippen molar-refractivity contribution in [2.24, 2.45) is 0 Å². The number of esters is 1. The maximum atomic E-state index is 12.1. The van der Waals surface area contributed by atoms with Crippen molar-refractivity contribution in [3.05, 3.63) is 0 Å². The normalized spacial score (nSPS) is 13.2. The molecule has 0 aromatic carbocycles. The highest BCUT2D eigenvalue weighted by Crippen LogP contribution is 2.42. The molecule has 55 heavy (non-hydrogen) atoms. The summed E-state index contributed by atoms with van der Waals surface area (Å²) in [5.74, 6) is -0.503. The van der Waals surface area contributed by atoms with E-state index < -0.39 is 26.5 Å². The molecule has 0 aliphatic rings. The lowest BCUT2D eigenvalue weighted by molar-refractivity contribution is -0.147. The van der Waals surface area contributed by atoms with Crippen molar-refractivity contribution >= 4 is 19.7 Å². The van der Waals surface area contributed by atoms with E-state index in [1.54, 1.807) is 0 Å². The van der Waals surface area contributed by atoms with Gasteiger partial charge in [-0.3, -0.25) is 18.6 Å². The molecule has 0 spiro atoms. The Morgan fingerprint density at radius 1 is 0.491 bits per heavy atom. The molecule has 3 N–H and O–H groups in total. The largest absolute Gasteiger partial charge is 0.472 e. The van der Waals surface area contributed by atoms with E-state index in [-0.39, 0.29) is 32.1 Å². The van der Waals surface area contributed by atoms with Crippen LogP contribution in [0.5, 0.6) is 0 Å². The molecule has 0 aliphatic carbocycles. The molecular formula is C45H90NO8P. The van der Waals surface area contributed by atoms with Gasteiger partial charge in [-0.05, 0) is 12.8 Å². The number of nitrogens with one attached hydrogen (secondary N) is 1. The highest BCUT2D eigenvalue weighted by atomic mass is 31.2. The highest BCUT2D eigenvalue weighted by Gasteiger charge is 2.23. The first kappa shape index (κ1) is 54.0. The lowest BCUT2D eigenvalue weighted by atomic mass is 10.0. The van der Waals surface area contributed by atoms with Crippen molar-refractivity contribution in [1.82, 2.24) is 5.32 Å². The van der Waals surface area contributed by atoms with E-state index in [0.29, 0.717) is 6.42 Å². The standard InChI is InChI=1S/C45H90NO8P/c1-3-5-7-9-11-13-15-16-17-18-19-20-21-22-23-24-25-26-28-29-31-33-35-37-44(48)46-39-40-53-55(50,51)54-42-43(47)41-52-45(49)38-36-34-32-30-27-14-12-10-8-6-4-2/h43,47H,3-42H2,1-2H3,(H,46,48)(H,50,51). The van der Waals surface area contributed by atoms with E-state index in [9.17, 15) is 24.2 Å². The minimum Gasteiger partial charge on any atom is -0.463 e. The second kappa shape index (κ2) is 42.6. The summed E-state index contributed by atoms with van der Waals surface area (Å²) in [5, 5.41) is 12.7. The van der Waals surface area contributed by atoms with Crippen molar-refractivity contribution in [3.63, 3.8) is 0 Å². The molecule has 0 bridgehead atoms. The molecule has 0 saturated heterocycles. The molecule has 2 unspecified atom stereocenters. The number of hydrogen-bond acceptors (Lipinski definition) is 7. The number of hydrogen-bond donors (Lipinski definition) is 3. The zero-order chi connectivity index (χ0) is 40.3. The van der Waals surface area contributed by atoms with E-state index in [4.69, 9.17) is 13.8 Å². The first-order valence-corrected chi connectivity index (χ1v) is 25.0. The van der Waals surface area contributed by atoms with Gasteiger partial charge in [0.1, 0.15) is 12.7 Å². The summed E-state index contributed by atoms with van der Waals surface area (Å²) in [6, 6.07) is 0. The predicted octanol–water partition coefficient (Wildman–Crippen LogP) is 13.2. The maximum Gasteiger partial charge on any atom is 0.472 e. The summed E-state index contributed by atoms with van der Waals surface area (Å²) in [6.07, 6.45) is 43.4. The van der Waals surface area contributed by atoms with Crippen molar-refractivity contribution in [1.29, 1.82) is 0 Å². The van der Waals surface area contributed by atoms with E-state index in [0.717, 1.165) is 38.5 Å². The van der Waals surface area contributed by atoms with E-state index >= 15 is 0 Å². The van der Waals surface area contributed by atoms with Crippen LogP contribution in [0.1, 0.15) is 245 Å². The smallest absolute Gasteiger partial charge is 0.463 e. The fraction of sp³-hybridized carbons (Fsp3) is 0.956. The fourth-order valence-electron chi connectivity index (χ4n) is 6.97. The van der Waals surface area contributed by atoms with Gasteiger partial charge in [0.15, 0.2) is 0 Å². The molecule has 0 aromatic heterocycles. The maximum absolute atomic E-state index is 12.1. The third kappa shape index (κ3) is 44.0. The first-order valence-electron chi connectivity index (χ1n) is 23.5. The molecule has 2 atom stereocenters. The van der Waals surface area contributed by atoms with Gasteiger partial charge in [-0.25, -0.2) is 4.57 Å². The Hall–Kier alpha value is -0.990. The Morgan fingerprint density at radius 2 is 0.818 bits per heavy atom. The van der Waals surface area contributed by atoms with Crippen LogP contribution in [0.4, 0.5) is 0 Å². The van der Waals surface area contributed by atoms with Crippen LogP contribution < -0.4 is 5.32 Å². The summed E-state index contributed by atoms with van der Waals surface area (Å²) in [5.41, 5.74) is 0. The molecule has 0 saturated carbocycles. The van der Waals surface area contributed by atoms with Crippen LogP contribution in [0.25, 0.3) is 0 Å². The Labute approximate surface area is 339 Å². The molecule has 0 aliphatic heterocycles. The number of amides is 1. The minimum absolute atomic E-state index is 0.0886. The molecule has 9 nitrogen and oxygen atoms in total. The number of phosphoric ester groups is 1. The Morgan fingerprint density at radius 3 is 1.18 bits per heavy atom. The van der Waals surface area contributed by atoms with Gasteiger partial charge in [0.2, 0.25) is 5.91 Å². The topological polar surface area (TPSA) is 131 Å². The number of aliphatic hydroxyl groups excluding tert-OH is 1. The molecule has 0 heterocycles. The summed E-state index contributed by atoms with van der Waals surface area (Å²) in [6.45, 7) is 3.59. The monoisotopic (exact) mass is 804 g/mol. The number of unbranched alkanes of at least 4 members (excludes halogenated alkanes) is 32. The van der Waals surface area contributed by atoms with E-state index in [1.807, 2.05) is 0 Å². The summed E-state index contributed by atoms with van der Waals surface area (Å²) in [7, 11) is -4.41. The molecule has 0 aromatic rings. The van der Waals surface area contributed by atoms with Crippen LogP contribution in [0.15, 0.2) is 0 Å². The predicted molar refractivity (Wildman–Crippen MR) is 229 cm³/mol. The third-order valence-electron chi connectivity index (χ3n) is 10.5. The second-order valence-electron chi connectivity index (χ2n) is 16.1. The van der Waals surface area contributed by atoms with Crippen LogP contribution in [0.3, 0.4) is 0 Å². The van der Waals surface area contributed by atoms with Crippen LogP contribution in [0, 0.1) is 0 Å². The highest BCUT2D eigenvalue weighted by molar-refractivity contribution is 7.47. The molecule has 328 valence electrons. The van der Waals surface area contributed by atoms with Crippen LogP contribution >= 0.6 is 7.82 Å². The van der Waals surface area contributed by atoms with Gasteiger partial charge in [-0.1, -0.05) is 219 Å². The lowest BCUT2D eigenvalue weighted by Crippen LogP contribution is -2.27. The number of phosphoric acid groups is 1. The SMILES string of the molecule is CCCCCCCCCCCCCCCCCCCCCCCCCC(=O)NCCOP(=O)(O)OCC(O)COC(=O)CCCCCCCCCCCCC. The fourth-order valence-corrected chi connectivity index (χ4v) is 7.73. The number of rotatable bonds is 45. The van der Waals surface area contributed by atoms with Gasteiger partial charge in [-0.15, -0.1) is 0 Å². The zero-order valence-corrected chi connectivity index (χ0v) is 37.0. The van der Waals surface area contributed by atoms with Gasteiger partial charge in [0.25, 0.3) is 0 Å². The minimum atomic E-state index is -4.41. The van der Waals surface area contributed by atoms with Crippen molar-refractivity contribution in [3.8, 4) is 0 Å². The number of aliphatic hydroxyl groups is 1. The van der Waals surface area contributed by atoms with Gasteiger partial charge in [0.05, 0.1) is 13.2 Å². The molecule has 0 fully saturated rings. The van der Waals surface area contributed by atoms with Gasteiger partial charge in [-0.2, -0.15) is 0 Å². The van der Waals surface area contributed by atoms with Gasteiger partial charge in [0, 0.05) is 19.4 Å². The van der Waals surface area contributed by atoms with Gasteiger partial charge >= 0.3 is 13.8 Å². The second-order valence-corrected chi connectivity index (χ2v) is 17.6. The molecular weight excluding hydrogens is 713 g/mol. The lowest BCUT2D eigenvalue weighted by Gasteiger charge is -2.15. The Balaban J connectivity index is 3.49. The van der Waals surface area contributed by atoms with E-state index in [1.165, 1.54) is 180 Å². The van der Waals surface area contributed by atoms with Crippen LogP contribution in [-0.4, -0.2) is 54.3 Å². The summed E-state index contributed by atoms with van der Waals surface area (Å²) >= 11 is 0. The molecule has 10 heteroatoms. The quantitative estimate of drug-likeness (QED) is 0.0315. The molecule has 0 rings (SSSR count). The first-order chi connectivity index (χ1) is 26.8. The van der Waals surface area contributed by atoms with Crippen molar-refractivity contribution in [2.75, 3.05) is 26.4 Å². The third-order valence-corrected chi connectivity index (χ3v) is 11.5. The summed E-state index contributed by atoms with van der Waals surface area (Å²) < 4.78 is 26.9. The number of carbonyl (C=O) groups is 2. The summed E-state index contributed by atoms with van der Waals surface area (Å²) in [4.78, 5) is 33.9. The average Bonchev–Trinajstić information content (AvgIpc) is 3.17. The van der Waals surface area contributed by atoms with Crippen molar-refractivity contribution < 1.29 is 37.9 Å². The van der Waals surface area contributed by atoms with Gasteiger partial charge < -0.3 is 20.1 Å². The molecule has 0 radical (unpaired) electrons. The van der Waals surface area contributed by atoms with Crippen molar-refractivity contribution in [2.45, 2.75) is 251 Å². The van der Waals surface area contributed by atoms with Crippen LogP contribution in [-0.2, 0) is 27.9 Å². The Bertz CT molecular complexity index is 876. The van der Waals surface area contributed by atoms with Crippen LogP contribution in [0.2, 0.25) is 0 Å². The molecule has 1 amide bonds. The zero-order valence-electron chi connectivity index (χ0n) is 36.2. The Kier molecular flexibility index (Phi) is 41.8.